The second kappa shape index (κ2) is 8.01. The predicted molar refractivity (Wildman–Crippen MR) is 87.1 cm³/mol. The maximum atomic E-state index is 12.7. The number of hydrazine groups is 1. The van der Waals surface area contributed by atoms with Crippen molar-refractivity contribution in [2.24, 2.45) is 0 Å². The molecule has 0 aromatic heterocycles. The smallest absolute Gasteiger partial charge is 0.429 e. The SMILES string of the molecule is O=C(OCc1ccccc1)N1CCCCN1C(=O)N1CCOCC1. The van der Waals surface area contributed by atoms with Gasteiger partial charge in [0.15, 0.2) is 0 Å². The molecule has 0 unspecified atom stereocenters. The molecule has 3 rings (SSSR count). The Balaban J connectivity index is 1.60. The van der Waals surface area contributed by atoms with Gasteiger partial charge in [0.2, 0.25) is 0 Å². The maximum absolute atomic E-state index is 12.7. The van der Waals surface area contributed by atoms with Crippen LogP contribution in [0.15, 0.2) is 30.3 Å². The minimum Gasteiger partial charge on any atom is -0.443 e. The lowest BCUT2D eigenvalue weighted by atomic mass is 10.2. The number of morpholine rings is 1. The standard InChI is InChI=1S/C17H23N3O4/c21-16(18-10-12-23-13-11-18)19-8-4-5-9-20(19)17(22)24-14-15-6-2-1-3-7-15/h1-3,6-7H,4-5,8-14H2. The summed E-state index contributed by atoms with van der Waals surface area (Å²) in [6, 6.07) is 9.38. The number of hydrogen-bond acceptors (Lipinski definition) is 4. The highest BCUT2D eigenvalue weighted by Gasteiger charge is 2.33. The fourth-order valence-electron chi connectivity index (χ4n) is 2.87. The lowest BCUT2D eigenvalue weighted by Crippen LogP contribution is -2.58. The summed E-state index contributed by atoms with van der Waals surface area (Å²) in [5, 5.41) is 2.95. The van der Waals surface area contributed by atoms with Gasteiger partial charge >= 0.3 is 12.1 Å². The Labute approximate surface area is 141 Å². The van der Waals surface area contributed by atoms with Gasteiger partial charge in [0.25, 0.3) is 0 Å². The summed E-state index contributed by atoms with van der Waals surface area (Å²) in [6.07, 6.45) is 1.28. The lowest BCUT2D eigenvalue weighted by molar-refractivity contribution is -0.0349. The minimum atomic E-state index is -0.472. The molecule has 2 aliphatic rings. The summed E-state index contributed by atoms with van der Waals surface area (Å²) in [6.45, 7) is 3.44. The van der Waals surface area contributed by atoms with Crippen LogP contribution in [0.1, 0.15) is 18.4 Å². The molecule has 2 fully saturated rings. The number of amides is 3. The fraction of sp³-hybridized carbons (Fsp3) is 0.529. The van der Waals surface area contributed by atoms with Crippen molar-refractivity contribution in [2.75, 3.05) is 39.4 Å². The Morgan fingerprint density at radius 2 is 1.62 bits per heavy atom. The van der Waals surface area contributed by atoms with Crippen LogP contribution in [-0.4, -0.2) is 66.4 Å². The maximum Gasteiger partial charge on any atom is 0.429 e. The van der Waals surface area contributed by atoms with Crippen molar-refractivity contribution >= 4 is 12.1 Å². The fourth-order valence-corrected chi connectivity index (χ4v) is 2.87. The third-order valence-corrected chi connectivity index (χ3v) is 4.20. The van der Waals surface area contributed by atoms with E-state index in [1.165, 1.54) is 10.0 Å². The molecule has 0 N–H and O–H groups in total. The third-order valence-electron chi connectivity index (χ3n) is 4.20. The number of rotatable bonds is 2. The van der Waals surface area contributed by atoms with Gasteiger partial charge in [-0.05, 0) is 18.4 Å². The van der Waals surface area contributed by atoms with Crippen LogP contribution in [0.25, 0.3) is 0 Å². The van der Waals surface area contributed by atoms with Gasteiger partial charge in [-0.15, -0.1) is 0 Å². The molecule has 24 heavy (non-hydrogen) atoms. The molecule has 1 aromatic carbocycles. The summed E-state index contributed by atoms with van der Waals surface area (Å²) in [4.78, 5) is 26.9. The molecule has 2 heterocycles. The topological polar surface area (TPSA) is 62.3 Å². The summed E-state index contributed by atoms with van der Waals surface area (Å²) in [7, 11) is 0. The summed E-state index contributed by atoms with van der Waals surface area (Å²) >= 11 is 0. The van der Waals surface area contributed by atoms with Crippen LogP contribution >= 0.6 is 0 Å². The molecule has 7 nitrogen and oxygen atoms in total. The highest BCUT2D eigenvalue weighted by atomic mass is 16.6. The van der Waals surface area contributed by atoms with Crippen molar-refractivity contribution in [1.29, 1.82) is 0 Å². The number of urea groups is 1. The van der Waals surface area contributed by atoms with E-state index >= 15 is 0 Å². The molecular weight excluding hydrogens is 310 g/mol. The first-order chi connectivity index (χ1) is 11.8. The molecule has 0 radical (unpaired) electrons. The number of carbonyl (C=O) groups is 2. The van der Waals surface area contributed by atoms with Crippen LogP contribution in [0.2, 0.25) is 0 Å². The van der Waals surface area contributed by atoms with E-state index in [0.717, 1.165) is 18.4 Å². The van der Waals surface area contributed by atoms with E-state index in [0.29, 0.717) is 39.4 Å². The van der Waals surface area contributed by atoms with Gasteiger partial charge < -0.3 is 14.4 Å². The summed E-state index contributed by atoms with van der Waals surface area (Å²) in [5.74, 6) is 0. The Morgan fingerprint density at radius 3 is 2.33 bits per heavy atom. The van der Waals surface area contributed by atoms with Crippen molar-refractivity contribution in [1.82, 2.24) is 14.9 Å². The zero-order valence-corrected chi connectivity index (χ0v) is 13.7. The van der Waals surface area contributed by atoms with Crippen LogP contribution in [0.3, 0.4) is 0 Å². The van der Waals surface area contributed by atoms with Crippen LogP contribution in [0.4, 0.5) is 9.59 Å². The monoisotopic (exact) mass is 333 g/mol. The van der Waals surface area contributed by atoms with Gasteiger partial charge in [0.05, 0.1) is 13.2 Å². The van der Waals surface area contributed by atoms with E-state index in [9.17, 15) is 9.59 Å². The first-order valence-corrected chi connectivity index (χ1v) is 8.38. The Kier molecular flexibility index (Phi) is 5.53. The molecule has 2 saturated heterocycles. The molecule has 0 saturated carbocycles. The second-order valence-corrected chi connectivity index (χ2v) is 5.88. The molecule has 3 amide bonds. The second-order valence-electron chi connectivity index (χ2n) is 5.88. The molecule has 1 aromatic rings. The number of nitrogens with zero attached hydrogens (tertiary/aromatic N) is 3. The van der Waals surface area contributed by atoms with Gasteiger partial charge in [-0.2, -0.15) is 0 Å². The normalized spacial score (nSPS) is 18.4. The number of carbonyl (C=O) groups excluding carboxylic acids is 2. The highest BCUT2D eigenvalue weighted by molar-refractivity contribution is 5.78. The Morgan fingerprint density at radius 1 is 0.958 bits per heavy atom. The van der Waals surface area contributed by atoms with Gasteiger partial charge in [-0.25, -0.2) is 19.6 Å². The molecule has 130 valence electrons. The first kappa shape index (κ1) is 16.6. The highest BCUT2D eigenvalue weighted by Crippen LogP contribution is 2.16. The Bertz CT molecular complexity index is 560. The van der Waals surface area contributed by atoms with Gasteiger partial charge in [0, 0.05) is 26.2 Å². The summed E-state index contributed by atoms with van der Waals surface area (Å²) in [5.41, 5.74) is 0.925. The largest absolute Gasteiger partial charge is 0.443 e. The van der Waals surface area contributed by atoms with Crippen LogP contribution in [-0.2, 0) is 16.1 Å². The zero-order chi connectivity index (χ0) is 16.8. The Hall–Kier alpha value is -2.28. The van der Waals surface area contributed by atoms with Gasteiger partial charge in [-0.1, -0.05) is 30.3 Å². The van der Waals surface area contributed by atoms with Crippen molar-refractivity contribution in [3.63, 3.8) is 0 Å². The van der Waals surface area contributed by atoms with Crippen molar-refractivity contribution in [3.05, 3.63) is 35.9 Å². The zero-order valence-electron chi connectivity index (χ0n) is 13.7. The molecule has 2 aliphatic heterocycles. The molecule has 0 bridgehead atoms. The van der Waals surface area contributed by atoms with E-state index in [4.69, 9.17) is 9.47 Å². The van der Waals surface area contributed by atoms with E-state index < -0.39 is 6.09 Å². The number of ether oxygens (including phenoxy) is 2. The van der Waals surface area contributed by atoms with Crippen molar-refractivity contribution in [3.8, 4) is 0 Å². The molecule has 0 atom stereocenters. The molecule has 7 heteroatoms. The van der Waals surface area contributed by atoms with Crippen LogP contribution in [0, 0.1) is 0 Å². The quantitative estimate of drug-likeness (QED) is 0.831. The van der Waals surface area contributed by atoms with E-state index in [-0.39, 0.29) is 12.6 Å². The van der Waals surface area contributed by atoms with E-state index in [1.807, 2.05) is 30.3 Å². The average molecular weight is 333 g/mol. The van der Waals surface area contributed by atoms with E-state index in [1.54, 1.807) is 4.90 Å². The van der Waals surface area contributed by atoms with Crippen molar-refractivity contribution in [2.45, 2.75) is 19.4 Å². The lowest BCUT2D eigenvalue weighted by Gasteiger charge is -2.40. The minimum absolute atomic E-state index is 0.144. The molecule has 0 spiro atoms. The van der Waals surface area contributed by atoms with E-state index in [2.05, 4.69) is 0 Å². The first-order valence-electron chi connectivity index (χ1n) is 8.38. The average Bonchev–Trinajstić information content (AvgIpc) is 2.67. The number of hydrogen-bond donors (Lipinski definition) is 0. The predicted octanol–water partition coefficient (Wildman–Crippen LogP) is 2.09. The van der Waals surface area contributed by atoms with Gasteiger partial charge in [-0.3, -0.25) is 0 Å². The third kappa shape index (κ3) is 3.97. The van der Waals surface area contributed by atoms with Crippen LogP contribution in [0.5, 0.6) is 0 Å². The van der Waals surface area contributed by atoms with Crippen LogP contribution < -0.4 is 0 Å². The number of benzene rings is 1. The van der Waals surface area contributed by atoms with Gasteiger partial charge in [0.1, 0.15) is 6.61 Å². The summed E-state index contributed by atoms with van der Waals surface area (Å²) < 4.78 is 10.7. The van der Waals surface area contributed by atoms with Crippen molar-refractivity contribution < 1.29 is 19.1 Å². The molecular formula is C17H23N3O4. The molecule has 0 aliphatic carbocycles.